The van der Waals surface area contributed by atoms with E-state index in [-0.39, 0.29) is 22.5 Å². The van der Waals surface area contributed by atoms with Gasteiger partial charge >= 0.3 is 0 Å². The van der Waals surface area contributed by atoms with Gasteiger partial charge in [0.05, 0.1) is 17.3 Å². The normalized spacial score (nSPS) is 13.0. The molecule has 0 aliphatic carbocycles. The monoisotopic (exact) mass is 509 g/mol. The van der Waals surface area contributed by atoms with Crippen molar-refractivity contribution in [2.45, 2.75) is 43.9 Å². The lowest BCUT2D eigenvalue weighted by atomic mass is 9.88. The van der Waals surface area contributed by atoms with Crippen LogP contribution in [0.15, 0.2) is 60.0 Å². The first kappa shape index (κ1) is 25.8. The second-order valence-electron chi connectivity index (χ2n) is 9.77. The summed E-state index contributed by atoms with van der Waals surface area (Å²) in [5.74, 6) is -0.243. The van der Waals surface area contributed by atoms with E-state index in [0.29, 0.717) is 17.5 Å². The molecule has 0 amide bonds. The Morgan fingerprint density at radius 3 is 2.36 bits per heavy atom. The van der Waals surface area contributed by atoms with Gasteiger partial charge in [-0.25, -0.2) is 17.1 Å². The molecular formula is C27H32FN5O2S. The zero-order valence-electron chi connectivity index (χ0n) is 21.4. The third-order valence-corrected chi connectivity index (χ3v) is 8.24. The maximum atomic E-state index is 15.4. The summed E-state index contributed by atoms with van der Waals surface area (Å²) in [5.41, 5.74) is 5.35. The van der Waals surface area contributed by atoms with Crippen molar-refractivity contribution >= 4 is 10.0 Å². The third-order valence-electron chi connectivity index (χ3n) is 6.45. The second kappa shape index (κ2) is 9.99. The molecule has 1 N–H and O–H groups in total. The van der Waals surface area contributed by atoms with Crippen LogP contribution < -0.4 is 0 Å². The highest BCUT2D eigenvalue weighted by molar-refractivity contribution is 7.89. The van der Waals surface area contributed by atoms with Crippen molar-refractivity contribution in [2.24, 2.45) is 7.05 Å². The molecule has 9 heteroatoms. The summed E-state index contributed by atoms with van der Waals surface area (Å²) in [6, 6.07) is 9.21. The van der Waals surface area contributed by atoms with E-state index >= 15 is 4.39 Å². The maximum absolute atomic E-state index is 15.4. The van der Waals surface area contributed by atoms with E-state index in [1.54, 1.807) is 35.4 Å². The molecule has 36 heavy (non-hydrogen) atoms. The standard InChI is InChI=1S/C27H32FN5O2S/c1-17(2)25-8-19(9-26(27(25)28)23-15-31-33(6)16-23)7-18(3)20-10-21(22-13-29-30-14-22)12-24(11-20)36(34,35)32(4)5/h8-18H,7H2,1-6H3,(H,29,30). The van der Waals surface area contributed by atoms with Crippen LogP contribution in [-0.4, -0.2) is 46.8 Å². The van der Waals surface area contributed by atoms with E-state index in [1.165, 1.54) is 18.4 Å². The fraction of sp³-hybridized carbons (Fsp3) is 0.333. The van der Waals surface area contributed by atoms with Crippen molar-refractivity contribution in [2.75, 3.05) is 14.1 Å². The Morgan fingerprint density at radius 2 is 1.78 bits per heavy atom. The summed E-state index contributed by atoms with van der Waals surface area (Å²) in [4.78, 5) is 0.228. The molecule has 190 valence electrons. The van der Waals surface area contributed by atoms with Gasteiger partial charge in [-0.15, -0.1) is 0 Å². The van der Waals surface area contributed by atoms with E-state index in [1.807, 2.05) is 45.3 Å². The summed E-state index contributed by atoms with van der Waals surface area (Å²) in [5, 5.41) is 11.0. The number of nitrogens with one attached hydrogen (secondary N) is 1. The van der Waals surface area contributed by atoms with E-state index < -0.39 is 10.0 Å². The van der Waals surface area contributed by atoms with Crippen LogP contribution in [-0.2, 0) is 23.5 Å². The fourth-order valence-corrected chi connectivity index (χ4v) is 5.31. The molecule has 0 saturated heterocycles. The number of aryl methyl sites for hydroxylation is 1. The maximum Gasteiger partial charge on any atom is 0.242 e. The number of sulfonamides is 1. The van der Waals surface area contributed by atoms with Crippen molar-refractivity contribution in [1.82, 2.24) is 24.3 Å². The highest BCUT2D eigenvalue weighted by Crippen LogP contribution is 2.34. The number of hydrogen-bond donors (Lipinski definition) is 1. The van der Waals surface area contributed by atoms with Gasteiger partial charge in [0.15, 0.2) is 0 Å². The highest BCUT2D eigenvalue weighted by Gasteiger charge is 2.22. The molecule has 0 fully saturated rings. The van der Waals surface area contributed by atoms with Gasteiger partial charge in [0, 0.05) is 50.2 Å². The lowest BCUT2D eigenvalue weighted by Crippen LogP contribution is -2.22. The molecule has 1 atom stereocenters. The van der Waals surface area contributed by atoms with E-state index in [4.69, 9.17) is 0 Å². The lowest BCUT2D eigenvalue weighted by Gasteiger charge is -2.19. The van der Waals surface area contributed by atoms with Crippen molar-refractivity contribution in [3.63, 3.8) is 0 Å². The van der Waals surface area contributed by atoms with Crippen molar-refractivity contribution in [3.8, 4) is 22.3 Å². The van der Waals surface area contributed by atoms with Crippen LogP contribution in [0.5, 0.6) is 0 Å². The van der Waals surface area contributed by atoms with Crippen LogP contribution in [0.3, 0.4) is 0 Å². The molecule has 4 aromatic rings. The van der Waals surface area contributed by atoms with Gasteiger partial charge in [-0.3, -0.25) is 9.78 Å². The Labute approximate surface area is 212 Å². The average Bonchev–Trinajstić information content (AvgIpc) is 3.51. The molecule has 2 aromatic heterocycles. The van der Waals surface area contributed by atoms with Gasteiger partial charge in [-0.1, -0.05) is 32.9 Å². The van der Waals surface area contributed by atoms with Crippen LogP contribution in [0.4, 0.5) is 4.39 Å². The Morgan fingerprint density at radius 1 is 1.03 bits per heavy atom. The number of hydrogen-bond acceptors (Lipinski definition) is 4. The zero-order valence-corrected chi connectivity index (χ0v) is 22.3. The quantitative estimate of drug-likeness (QED) is 0.348. The predicted octanol–water partition coefficient (Wildman–Crippen LogP) is 5.34. The highest BCUT2D eigenvalue weighted by atomic mass is 32.2. The summed E-state index contributed by atoms with van der Waals surface area (Å²) >= 11 is 0. The molecular weight excluding hydrogens is 477 g/mol. The van der Waals surface area contributed by atoms with Gasteiger partial charge in [0.25, 0.3) is 0 Å². The van der Waals surface area contributed by atoms with E-state index in [2.05, 4.69) is 22.2 Å². The van der Waals surface area contributed by atoms with Crippen LogP contribution >= 0.6 is 0 Å². The molecule has 1 unspecified atom stereocenters. The predicted molar refractivity (Wildman–Crippen MR) is 140 cm³/mol. The van der Waals surface area contributed by atoms with Gasteiger partial charge in [-0.05, 0) is 58.7 Å². The molecule has 2 aromatic carbocycles. The smallest absolute Gasteiger partial charge is 0.242 e. The van der Waals surface area contributed by atoms with Crippen LogP contribution in [0.1, 0.15) is 49.3 Å². The molecule has 0 saturated carbocycles. The largest absolute Gasteiger partial charge is 0.285 e. The topological polar surface area (TPSA) is 83.9 Å². The van der Waals surface area contributed by atoms with E-state index in [9.17, 15) is 8.42 Å². The summed E-state index contributed by atoms with van der Waals surface area (Å²) in [6.45, 7) is 6.01. The first-order valence-corrected chi connectivity index (χ1v) is 13.3. The molecule has 0 aliphatic rings. The van der Waals surface area contributed by atoms with Gasteiger partial charge in [-0.2, -0.15) is 10.2 Å². The first-order chi connectivity index (χ1) is 17.0. The molecule has 7 nitrogen and oxygen atoms in total. The van der Waals surface area contributed by atoms with Gasteiger partial charge < -0.3 is 0 Å². The fourth-order valence-electron chi connectivity index (χ4n) is 4.33. The third kappa shape index (κ3) is 5.12. The first-order valence-electron chi connectivity index (χ1n) is 11.9. The number of aromatic nitrogens is 4. The number of H-pyrrole nitrogens is 1. The molecule has 0 aliphatic heterocycles. The number of rotatable bonds is 8. The minimum atomic E-state index is -3.64. The minimum Gasteiger partial charge on any atom is -0.285 e. The van der Waals surface area contributed by atoms with Crippen molar-refractivity contribution in [3.05, 3.63) is 77.6 Å². The van der Waals surface area contributed by atoms with E-state index in [0.717, 1.165) is 27.8 Å². The SMILES string of the molecule is CC(C)c1cc(CC(C)c2cc(-c3cn[nH]c3)cc(S(=O)(=O)N(C)C)c2)cc(-c2cnn(C)c2)c1F. The molecule has 2 heterocycles. The minimum absolute atomic E-state index is 0.0110. The van der Waals surface area contributed by atoms with Crippen molar-refractivity contribution < 1.29 is 12.8 Å². The number of halogens is 1. The number of benzene rings is 2. The summed E-state index contributed by atoms with van der Waals surface area (Å²) < 4.78 is 44.3. The molecule has 0 spiro atoms. The Kier molecular flexibility index (Phi) is 7.15. The van der Waals surface area contributed by atoms with Gasteiger partial charge in [0.2, 0.25) is 10.0 Å². The Balaban J connectivity index is 1.78. The molecule has 0 radical (unpaired) electrons. The molecule has 0 bridgehead atoms. The number of aromatic amines is 1. The Hall–Kier alpha value is -3.30. The Bertz CT molecular complexity index is 1470. The van der Waals surface area contributed by atoms with Gasteiger partial charge in [0.1, 0.15) is 5.82 Å². The summed E-state index contributed by atoms with van der Waals surface area (Å²) in [7, 11) is 1.21. The van der Waals surface area contributed by atoms with Crippen LogP contribution in [0.25, 0.3) is 22.3 Å². The molecule has 4 rings (SSSR count). The average molecular weight is 510 g/mol. The lowest BCUT2D eigenvalue weighted by molar-refractivity contribution is 0.520. The van der Waals surface area contributed by atoms with Crippen LogP contribution in [0.2, 0.25) is 0 Å². The second-order valence-corrected chi connectivity index (χ2v) is 11.9. The summed E-state index contributed by atoms with van der Waals surface area (Å²) in [6.07, 6.45) is 7.50. The number of nitrogens with zero attached hydrogens (tertiary/aromatic N) is 4. The van der Waals surface area contributed by atoms with Crippen molar-refractivity contribution in [1.29, 1.82) is 0 Å². The van der Waals surface area contributed by atoms with Crippen LogP contribution in [0, 0.1) is 5.82 Å². The zero-order chi connectivity index (χ0) is 26.2.